The van der Waals surface area contributed by atoms with Crippen molar-refractivity contribution < 1.29 is 9.47 Å². The number of rotatable bonds is 8. The van der Waals surface area contributed by atoms with Crippen LogP contribution in [0, 0.1) is 0 Å². The van der Waals surface area contributed by atoms with Crippen LogP contribution >= 0.6 is 0 Å². The number of ether oxygens (including phenoxy) is 2. The van der Waals surface area contributed by atoms with Crippen LogP contribution in [0.25, 0.3) is 11.1 Å². The van der Waals surface area contributed by atoms with Gasteiger partial charge in [0.2, 0.25) is 0 Å². The number of aromatic nitrogens is 1. The summed E-state index contributed by atoms with van der Waals surface area (Å²) in [5, 5.41) is 0. The average Bonchev–Trinajstić information content (AvgIpc) is 3.30. The van der Waals surface area contributed by atoms with Crippen molar-refractivity contribution in [3.63, 3.8) is 0 Å². The summed E-state index contributed by atoms with van der Waals surface area (Å²) in [6.45, 7) is 3.12. The van der Waals surface area contributed by atoms with Crippen LogP contribution in [0.15, 0.2) is 79.1 Å². The first-order valence-electron chi connectivity index (χ1n) is 9.87. The van der Waals surface area contributed by atoms with E-state index in [-0.39, 0.29) is 0 Å². The van der Waals surface area contributed by atoms with E-state index < -0.39 is 0 Å². The van der Waals surface area contributed by atoms with E-state index in [0.29, 0.717) is 19.4 Å². The van der Waals surface area contributed by atoms with E-state index in [9.17, 15) is 0 Å². The second-order valence-corrected chi connectivity index (χ2v) is 7.10. The van der Waals surface area contributed by atoms with Gasteiger partial charge in [0.1, 0.15) is 12.4 Å². The highest BCUT2D eigenvalue weighted by Gasteiger charge is 2.23. The van der Waals surface area contributed by atoms with Crippen LogP contribution in [-0.4, -0.2) is 42.4 Å². The number of hydrogen-bond donors (Lipinski definition) is 0. The summed E-state index contributed by atoms with van der Waals surface area (Å²) in [7, 11) is 0. The van der Waals surface area contributed by atoms with E-state index in [0.717, 1.165) is 31.7 Å². The maximum Gasteiger partial charge on any atom is 0.119 e. The molecule has 1 unspecified atom stereocenters. The largest absolute Gasteiger partial charge is 0.492 e. The number of nitrogens with zero attached hydrogens (tertiary/aromatic N) is 2. The molecule has 0 radical (unpaired) electrons. The third-order valence-electron chi connectivity index (χ3n) is 5.19. The Morgan fingerprint density at radius 2 is 1.79 bits per heavy atom. The Hall–Kier alpha value is -2.69. The SMILES string of the molecule is c1ccc(-c2ccc(OCC(CCc3cccnc3)N3CCOC3)cc2)cc1. The van der Waals surface area contributed by atoms with E-state index in [1.54, 1.807) is 0 Å². The second-order valence-electron chi connectivity index (χ2n) is 7.10. The fourth-order valence-electron chi connectivity index (χ4n) is 3.53. The molecular weight excluding hydrogens is 348 g/mol. The standard InChI is InChI=1S/C24H26N2O2/c1-2-6-21(7-3-1)22-9-12-24(13-10-22)28-18-23(26-15-16-27-19-26)11-8-20-5-4-14-25-17-20/h1-7,9-10,12-14,17,23H,8,11,15-16,18-19H2. The topological polar surface area (TPSA) is 34.6 Å². The van der Waals surface area contributed by atoms with Crippen molar-refractivity contribution >= 4 is 0 Å². The molecule has 3 aromatic rings. The number of pyridine rings is 1. The van der Waals surface area contributed by atoms with Crippen LogP contribution in [0.2, 0.25) is 0 Å². The Bertz CT molecular complexity index is 831. The number of benzene rings is 2. The van der Waals surface area contributed by atoms with Crippen LogP contribution in [0.4, 0.5) is 0 Å². The van der Waals surface area contributed by atoms with Crippen molar-refractivity contribution in [2.75, 3.05) is 26.5 Å². The van der Waals surface area contributed by atoms with Crippen LogP contribution in [0.5, 0.6) is 5.75 Å². The lowest BCUT2D eigenvalue weighted by molar-refractivity contribution is 0.0866. The van der Waals surface area contributed by atoms with Crippen molar-refractivity contribution in [3.8, 4) is 16.9 Å². The molecule has 1 fully saturated rings. The molecule has 1 aliphatic rings. The number of aryl methyl sites for hydroxylation is 1. The highest BCUT2D eigenvalue weighted by molar-refractivity contribution is 5.63. The van der Waals surface area contributed by atoms with Crippen molar-refractivity contribution in [2.45, 2.75) is 18.9 Å². The zero-order valence-electron chi connectivity index (χ0n) is 16.0. The lowest BCUT2D eigenvalue weighted by Crippen LogP contribution is -2.38. The van der Waals surface area contributed by atoms with Gasteiger partial charge in [0, 0.05) is 25.0 Å². The van der Waals surface area contributed by atoms with E-state index in [2.05, 4.69) is 64.5 Å². The van der Waals surface area contributed by atoms with Crippen LogP contribution in [0.1, 0.15) is 12.0 Å². The average molecular weight is 374 g/mol. The summed E-state index contributed by atoms with van der Waals surface area (Å²) in [6, 6.07) is 23.2. The predicted octanol–water partition coefficient (Wildman–Crippen LogP) is 4.42. The molecule has 0 aliphatic carbocycles. The molecule has 1 aliphatic heterocycles. The first kappa shape index (κ1) is 18.7. The molecule has 1 atom stereocenters. The summed E-state index contributed by atoms with van der Waals surface area (Å²) in [5.41, 5.74) is 3.69. The molecule has 1 aromatic heterocycles. The Balaban J connectivity index is 1.36. The monoisotopic (exact) mass is 374 g/mol. The quantitative estimate of drug-likeness (QED) is 0.585. The molecule has 4 nitrogen and oxygen atoms in total. The van der Waals surface area contributed by atoms with Crippen molar-refractivity contribution in [3.05, 3.63) is 84.7 Å². The van der Waals surface area contributed by atoms with Gasteiger partial charge in [-0.15, -0.1) is 0 Å². The highest BCUT2D eigenvalue weighted by atomic mass is 16.5. The Morgan fingerprint density at radius 3 is 2.50 bits per heavy atom. The summed E-state index contributed by atoms with van der Waals surface area (Å²) < 4.78 is 11.7. The summed E-state index contributed by atoms with van der Waals surface area (Å²) >= 11 is 0. The van der Waals surface area contributed by atoms with E-state index >= 15 is 0 Å². The zero-order valence-corrected chi connectivity index (χ0v) is 16.0. The zero-order chi connectivity index (χ0) is 19.0. The van der Waals surface area contributed by atoms with Gasteiger partial charge in [-0.1, -0.05) is 48.5 Å². The Kier molecular flexibility index (Phi) is 6.32. The molecule has 0 amide bonds. The fraction of sp³-hybridized carbons (Fsp3) is 0.292. The minimum atomic E-state index is 0.330. The molecule has 4 heteroatoms. The van der Waals surface area contributed by atoms with Gasteiger partial charge in [-0.25, -0.2) is 0 Å². The van der Waals surface area contributed by atoms with Gasteiger partial charge in [-0.3, -0.25) is 9.88 Å². The van der Waals surface area contributed by atoms with Crippen LogP contribution in [-0.2, 0) is 11.2 Å². The lowest BCUT2D eigenvalue weighted by Gasteiger charge is -2.26. The summed E-state index contributed by atoms with van der Waals surface area (Å²) in [4.78, 5) is 6.59. The first-order valence-corrected chi connectivity index (χ1v) is 9.87. The van der Waals surface area contributed by atoms with Gasteiger partial charge in [-0.2, -0.15) is 0 Å². The summed E-state index contributed by atoms with van der Waals surface area (Å²) in [5.74, 6) is 0.908. The van der Waals surface area contributed by atoms with Gasteiger partial charge < -0.3 is 9.47 Å². The van der Waals surface area contributed by atoms with Gasteiger partial charge in [0.25, 0.3) is 0 Å². The first-order chi connectivity index (χ1) is 13.9. The van der Waals surface area contributed by atoms with Gasteiger partial charge in [0.15, 0.2) is 0 Å². The van der Waals surface area contributed by atoms with Crippen LogP contribution in [0.3, 0.4) is 0 Å². The van der Waals surface area contributed by atoms with Gasteiger partial charge >= 0.3 is 0 Å². The molecule has 4 rings (SSSR count). The van der Waals surface area contributed by atoms with Gasteiger partial charge in [0.05, 0.1) is 13.3 Å². The summed E-state index contributed by atoms with van der Waals surface area (Å²) in [6.07, 6.45) is 5.78. The minimum Gasteiger partial charge on any atom is -0.492 e. The molecule has 28 heavy (non-hydrogen) atoms. The maximum absolute atomic E-state index is 6.15. The fourth-order valence-corrected chi connectivity index (χ4v) is 3.53. The molecule has 0 N–H and O–H groups in total. The second kappa shape index (κ2) is 9.49. The molecule has 1 saturated heterocycles. The Morgan fingerprint density at radius 1 is 0.964 bits per heavy atom. The van der Waals surface area contributed by atoms with Gasteiger partial charge in [-0.05, 0) is 47.7 Å². The highest BCUT2D eigenvalue weighted by Crippen LogP contribution is 2.23. The van der Waals surface area contributed by atoms with Crippen molar-refractivity contribution in [1.82, 2.24) is 9.88 Å². The maximum atomic E-state index is 6.15. The third-order valence-corrected chi connectivity index (χ3v) is 5.19. The van der Waals surface area contributed by atoms with Crippen molar-refractivity contribution in [2.24, 2.45) is 0 Å². The molecule has 0 saturated carbocycles. The molecule has 144 valence electrons. The number of hydrogen-bond acceptors (Lipinski definition) is 4. The third kappa shape index (κ3) is 4.97. The van der Waals surface area contributed by atoms with Crippen LogP contribution < -0.4 is 4.74 Å². The van der Waals surface area contributed by atoms with E-state index in [4.69, 9.17) is 9.47 Å². The normalized spacial score (nSPS) is 15.4. The van der Waals surface area contributed by atoms with Crippen molar-refractivity contribution in [1.29, 1.82) is 0 Å². The predicted molar refractivity (Wildman–Crippen MR) is 111 cm³/mol. The minimum absolute atomic E-state index is 0.330. The molecule has 0 spiro atoms. The van der Waals surface area contributed by atoms with E-state index in [1.165, 1.54) is 16.7 Å². The van der Waals surface area contributed by atoms with E-state index in [1.807, 2.05) is 24.5 Å². The molecule has 0 bridgehead atoms. The molecule has 2 aromatic carbocycles. The lowest BCUT2D eigenvalue weighted by atomic mass is 10.1. The smallest absolute Gasteiger partial charge is 0.119 e. The molecular formula is C24H26N2O2. The molecule has 2 heterocycles. The Labute approximate surface area is 166 Å².